The maximum absolute atomic E-state index is 14.6. The first-order valence-corrected chi connectivity index (χ1v) is 11.0. The average Bonchev–Trinajstić information content (AvgIpc) is 3.26. The van der Waals surface area contributed by atoms with Crippen LogP contribution >= 0.6 is 0 Å². The van der Waals surface area contributed by atoms with E-state index in [9.17, 15) is 17.6 Å². The molecule has 2 aromatic carbocycles. The normalized spacial score (nSPS) is 11.6. The second kappa shape index (κ2) is 9.23. The summed E-state index contributed by atoms with van der Waals surface area (Å²) in [7, 11) is -3.84. The van der Waals surface area contributed by atoms with Crippen molar-refractivity contribution in [2.45, 2.75) is 25.3 Å². The second-order valence-electron chi connectivity index (χ2n) is 6.54. The van der Waals surface area contributed by atoms with Crippen LogP contribution in [-0.2, 0) is 16.6 Å². The minimum atomic E-state index is -3.84. The summed E-state index contributed by atoms with van der Waals surface area (Å²) < 4.78 is 46.9. The Morgan fingerprint density at radius 2 is 1.70 bits per heavy atom. The molecule has 0 aliphatic carbocycles. The minimum Gasteiger partial charge on any atom is -0.467 e. The van der Waals surface area contributed by atoms with E-state index in [-0.39, 0.29) is 30.1 Å². The summed E-state index contributed by atoms with van der Waals surface area (Å²) in [4.78, 5) is 14.5. The van der Waals surface area contributed by atoms with E-state index >= 15 is 0 Å². The maximum Gasteiger partial charge on any atom is 0.261 e. The molecule has 1 amide bonds. The van der Waals surface area contributed by atoms with Crippen LogP contribution in [0.3, 0.4) is 0 Å². The monoisotopic (exact) mass is 430 g/mol. The molecule has 3 aromatic rings. The zero-order chi connectivity index (χ0) is 21.7. The van der Waals surface area contributed by atoms with Gasteiger partial charge in [-0.1, -0.05) is 32.0 Å². The fourth-order valence-corrected chi connectivity index (χ4v) is 4.62. The number of para-hydroxylation sites is 1. The van der Waals surface area contributed by atoms with Gasteiger partial charge >= 0.3 is 0 Å². The molecule has 1 heterocycles. The highest BCUT2D eigenvalue weighted by Gasteiger charge is 2.27. The molecule has 0 aliphatic rings. The van der Waals surface area contributed by atoms with Crippen molar-refractivity contribution < 1.29 is 22.0 Å². The van der Waals surface area contributed by atoms with Crippen molar-refractivity contribution in [3.63, 3.8) is 0 Å². The van der Waals surface area contributed by atoms with E-state index in [1.165, 1.54) is 21.5 Å². The van der Waals surface area contributed by atoms with Crippen LogP contribution in [0.15, 0.2) is 76.2 Å². The van der Waals surface area contributed by atoms with Crippen molar-refractivity contribution in [3.05, 3.63) is 84.1 Å². The highest BCUT2D eigenvalue weighted by molar-refractivity contribution is 7.89. The molecule has 0 saturated carbocycles. The Hall–Kier alpha value is -2.97. The van der Waals surface area contributed by atoms with Crippen LogP contribution < -0.4 is 4.90 Å². The van der Waals surface area contributed by atoms with Crippen LogP contribution in [-0.4, -0.2) is 31.7 Å². The fourth-order valence-electron chi connectivity index (χ4n) is 3.13. The van der Waals surface area contributed by atoms with E-state index in [0.29, 0.717) is 11.4 Å². The second-order valence-corrected chi connectivity index (χ2v) is 8.48. The Labute approximate surface area is 175 Å². The van der Waals surface area contributed by atoms with E-state index in [1.54, 1.807) is 56.3 Å². The van der Waals surface area contributed by atoms with Crippen molar-refractivity contribution in [2.75, 3.05) is 18.0 Å². The first kappa shape index (κ1) is 21.7. The highest BCUT2D eigenvalue weighted by Crippen LogP contribution is 2.24. The van der Waals surface area contributed by atoms with Gasteiger partial charge in [-0.25, -0.2) is 12.8 Å². The Morgan fingerprint density at radius 1 is 1.00 bits per heavy atom. The number of anilines is 1. The third-order valence-electron chi connectivity index (χ3n) is 4.72. The number of rotatable bonds is 8. The number of carbonyl (C=O) groups excluding carboxylic acids is 1. The summed E-state index contributed by atoms with van der Waals surface area (Å²) >= 11 is 0. The van der Waals surface area contributed by atoms with Gasteiger partial charge < -0.3 is 9.32 Å². The SMILES string of the molecule is CCN(CC)S(=O)(=O)c1ccc(F)c(C(=O)N(Cc2ccco2)c2ccccc2)c1. The lowest BCUT2D eigenvalue weighted by molar-refractivity contribution is 0.0979. The third kappa shape index (κ3) is 4.44. The number of sulfonamides is 1. The predicted octanol–water partition coefficient (Wildman–Crippen LogP) is 4.30. The van der Waals surface area contributed by atoms with Gasteiger partial charge in [0.1, 0.15) is 11.6 Å². The Bertz CT molecular complexity index is 1100. The van der Waals surface area contributed by atoms with Crippen LogP contribution in [0.5, 0.6) is 0 Å². The third-order valence-corrected chi connectivity index (χ3v) is 6.76. The molecule has 8 heteroatoms. The molecule has 0 aliphatic heterocycles. The number of hydrogen-bond donors (Lipinski definition) is 0. The molecule has 0 N–H and O–H groups in total. The van der Waals surface area contributed by atoms with Gasteiger partial charge in [0.25, 0.3) is 5.91 Å². The van der Waals surface area contributed by atoms with Gasteiger partial charge in [-0.05, 0) is 42.5 Å². The lowest BCUT2D eigenvalue weighted by Crippen LogP contribution is -2.32. The van der Waals surface area contributed by atoms with E-state index in [0.717, 1.165) is 12.1 Å². The molecule has 0 bridgehead atoms. The number of nitrogens with zero attached hydrogens (tertiary/aromatic N) is 2. The van der Waals surface area contributed by atoms with Crippen molar-refractivity contribution >= 4 is 21.6 Å². The van der Waals surface area contributed by atoms with E-state index < -0.39 is 21.7 Å². The van der Waals surface area contributed by atoms with E-state index in [1.807, 2.05) is 0 Å². The molecule has 0 atom stereocenters. The van der Waals surface area contributed by atoms with Crippen LogP contribution in [0.1, 0.15) is 30.0 Å². The van der Waals surface area contributed by atoms with Gasteiger partial charge in [0, 0.05) is 18.8 Å². The lowest BCUT2D eigenvalue weighted by Gasteiger charge is -2.23. The topological polar surface area (TPSA) is 70.8 Å². The van der Waals surface area contributed by atoms with Crippen LogP contribution in [0.4, 0.5) is 10.1 Å². The average molecular weight is 431 g/mol. The van der Waals surface area contributed by atoms with E-state index in [4.69, 9.17) is 4.42 Å². The Kier molecular flexibility index (Phi) is 6.69. The van der Waals surface area contributed by atoms with Crippen molar-refractivity contribution in [1.29, 1.82) is 0 Å². The van der Waals surface area contributed by atoms with E-state index in [2.05, 4.69) is 0 Å². The Balaban J connectivity index is 2.04. The van der Waals surface area contributed by atoms with Gasteiger partial charge in [0.15, 0.2) is 0 Å². The van der Waals surface area contributed by atoms with Crippen molar-refractivity contribution in [1.82, 2.24) is 4.31 Å². The number of carbonyl (C=O) groups is 1. The van der Waals surface area contributed by atoms with Crippen LogP contribution in [0.25, 0.3) is 0 Å². The number of benzene rings is 2. The quantitative estimate of drug-likeness (QED) is 0.534. The molecule has 0 radical (unpaired) electrons. The first-order valence-electron chi connectivity index (χ1n) is 9.57. The number of halogens is 1. The molecule has 6 nitrogen and oxygen atoms in total. The summed E-state index contributed by atoms with van der Waals surface area (Å²) in [5.41, 5.74) is 0.217. The molecule has 0 fully saturated rings. The summed E-state index contributed by atoms with van der Waals surface area (Å²) in [6, 6.07) is 15.5. The Morgan fingerprint density at radius 3 is 2.30 bits per heavy atom. The zero-order valence-electron chi connectivity index (χ0n) is 16.8. The van der Waals surface area contributed by atoms with Gasteiger partial charge in [0.2, 0.25) is 10.0 Å². The predicted molar refractivity (Wildman–Crippen MR) is 112 cm³/mol. The summed E-state index contributed by atoms with van der Waals surface area (Å²) in [6.07, 6.45) is 1.49. The summed E-state index contributed by atoms with van der Waals surface area (Å²) in [5, 5.41) is 0. The first-order chi connectivity index (χ1) is 14.4. The number of amides is 1. The summed E-state index contributed by atoms with van der Waals surface area (Å²) in [5.74, 6) is -0.940. The molecule has 0 saturated heterocycles. The van der Waals surface area contributed by atoms with Gasteiger partial charge in [-0.15, -0.1) is 0 Å². The highest BCUT2D eigenvalue weighted by atomic mass is 32.2. The summed E-state index contributed by atoms with van der Waals surface area (Å²) in [6.45, 7) is 4.05. The van der Waals surface area contributed by atoms with Crippen LogP contribution in [0, 0.1) is 5.82 Å². The number of furan rings is 1. The smallest absolute Gasteiger partial charge is 0.261 e. The molecular weight excluding hydrogens is 407 g/mol. The fraction of sp³-hybridized carbons (Fsp3) is 0.227. The van der Waals surface area contributed by atoms with Gasteiger partial charge in [-0.3, -0.25) is 4.79 Å². The lowest BCUT2D eigenvalue weighted by atomic mass is 10.1. The van der Waals surface area contributed by atoms with Gasteiger partial charge in [-0.2, -0.15) is 4.31 Å². The van der Waals surface area contributed by atoms with Crippen molar-refractivity contribution in [3.8, 4) is 0 Å². The molecule has 0 spiro atoms. The molecular formula is C22H23FN2O4S. The zero-order valence-corrected chi connectivity index (χ0v) is 17.6. The number of hydrogen-bond acceptors (Lipinski definition) is 4. The minimum absolute atomic E-state index is 0.0717. The largest absolute Gasteiger partial charge is 0.467 e. The maximum atomic E-state index is 14.6. The molecule has 30 heavy (non-hydrogen) atoms. The molecule has 0 unspecified atom stereocenters. The van der Waals surface area contributed by atoms with Crippen molar-refractivity contribution in [2.24, 2.45) is 0 Å². The van der Waals surface area contributed by atoms with Crippen LogP contribution in [0.2, 0.25) is 0 Å². The molecule has 158 valence electrons. The van der Waals surface area contributed by atoms with Gasteiger partial charge in [0.05, 0.1) is 23.3 Å². The molecule has 1 aromatic heterocycles. The molecule has 3 rings (SSSR count). The standard InChI is InChI=1S/C22H23FN2O4S/c1-3-24(4-2)30(27,28)19-12-13-21(23)20(15-19)22(26)25(16-18-11-8-14-29-18)17-9-6-5-7-10-17/h5-15H,3-4,16H2,1-2H3.